The average Bonchev–Trinajstić information content (AvgIpc) is 3.16. The predicted octanol–water partition coefficient (Wildman–Crippen LogP) is 3.07. The zero-order valence-electron chi connectivity index (χ0n) is 14.8. The number of primary amides is 1. The molecule has 3 rings (SSSR count). The van der Waals surface area contributed by atoms with E-state index in [0.717, 1.165) is 24.0 Å². The number of nitrogens with zero attached hydrogens (tertiary/aromatic N) is 1. The topological polar surface area (TPSA) is 72.6 Å². The molecule has 2 aromatic carbocycles. The zero-order valence-corrected chi connectivity index (χ0v) is 14.8. The molecule has 1 aliphatic heterocycles. The second-order valence-corrected chi connectivity index (χ2v) is 6.40. The number of hydrogen-bond acceptors (Lipinski definition) is 3. The summed E-state index contributed by atoms with van der Waals surface area (Å²) in [6.45, 7) is 0.512. The van der Waals surface area contributed by atoms with Crippen molar-refractivity contribution in [3.63, 3.8) is 0 Å². The van der Waals surface area contributed by atoms with Gasteiger partial charge in [0.05, 0.1) is 6.04 Å². The number of halogens is 1. The predicted molar refractivity (Wildman–Crippen MR) is 100 cm³/mol. The lowest BCUT2D eigenvalue weighted by Crippen LogP contribution is -2.28. The van der Waals surface area contributed by atoms with Crippen LogP contribution in [-0.4, -0.2) is 29.9 Å². The molecule has 0 radical (unpaired) electrons. The van der Waals surface area contributed by atoms with E-state index >= 15 is 0 Å². The Hall–Kier alpha value is -3.15. The van der Waals surface area contributed by atoms with Crippen LogP contribution in [0, 0.1) is 5.82 Å². The minimum atomic E-state index is -0.536. The molecule has 2 aromatic rings. The number of rotatable bonds is 6. The van der Waals surface area contributed by atoms with Crippen molar-refractivity contribution in [1.82, 2.24) is 4.90 Å². The van der Waals surface area contributed by atoms with E-state index in [1.807, 2.05) is 4.90 Å². The van der Waals surface area contributed by atoms with E-state index in [-0.39, 0.29) is 24.4 Å². The largest absolute Gasteiger partial charge is 0.484 e. The Bertz CT molecular complexity index is 832. The van der Waals surface area contributed by atoms with Gasteiger partial charge in [-0.15, -0.1) is 0 Å². The SMILES string of the molecule is NC(=O)COc1ccc(/C=C/C(=O)N2CCCC2c2ccc(F)cc2)cc1. The highest BCUT2D eigenvalue weighted by atomic mass is 19.1. The summed E-state index contributed by atoms with van der Waals surface area (Å²) in [4.78, 5) is 25.1. The molecule has 6 heteroatoms. The number of benzene rings is 2. The standard InChI is InChI=1S/C21H21FN2O3/c22-17-8-6-16(7-9-17)19-2-1-13-24(19)21(26)12-5-15-3-10-18(11-4-15)27-14-20(23)25/h3-12,19H,1-2,13-14H2,(H2,23,25)/b12-5+. The number of carbonyl (C=O) groups is 2. The molecular weight excluding hydrogens is 347 g/mol. The van der Waals surface area contributed by atoms with Crippen LogP contribution >= 0.6 is 0 Å². The fraction of sp³-hybridized carbons (Fsp3) is 0.238. The molecule has 1 saturated heterocycles. The Morgan fingerprint density at radius 3 is 2.52 bits per heavy atom. The summed E-state index contributed by atoms with van der Waals surface area (Å²) in [5.41, 5.74) is 6.83. The molecule has 1 unspecified atom stereocenters. The first-order valence-corrected chi connectivity index (χ1v) is 8.78. The number of amides is 2. The molecule has 27 heavy (non-hydrogen) atoms. The van der Waals surface area contributed by atoms with Gasteiger partial charge >= 0.3 is 0 Å². The van der Waals surface area contributed by atoms with Gasteiger partial charge in [0.25, 0.3) is 5.91 Å². The van der Waals surface area contributed by atoms with Crippen LogP contribution in [0.25, 0.3) is 6.08 Å². The summed E-state index contributed by atoms with van der Waals surface area (Å²) in [6.07, 6.45) is 5.08. The van der Waals surface area contributed by atoms with Crippen LogP contribution in [0.15, 0.2) is 54.6 Å². The van der Waals surface area contributed by atoms with Crippen LogP contribution in [-0.2, 0) is 9.59 Å². The van der Waals surface area contributed by atoms with E-state index in [2.05, 4.69) is 0 Å². The van der Waals surface area contributed by atoms with Gasteiger partial charge in [-0.1, -0.05) is 24.3 Å². The summed E-state index contributed by atoms with van der Waals surface area (Å²) in [7, 11) is 0. The monoisotopic (exact) mass is 368 g/mol. The molecule has 0 spiro atoms. The lowest BCUT2D eigenvalue weighted by molar-refractivity contribution is -0.126. The van der Waals surface area contributed by atoms with Crippen LogP contribution in [0.3, 0.4) is 0 Å². The third-order valence-corrected chi connectivity index (χ3v) is 4.47. The van der Waals surface area contributed by atoms with Crippen LogP contribution < -0.4 is 10.5 Å². The lowest BCUT2D eigenvalue weighted by Gasteiger charge is -2.23. The van der Waals surface area contributed by atoms with Crippen molar-refractivity contribution in [1.29, 1.82) is 0 Å². The van der Waals surface area contributed by atoms with Gasteiger partial charge in [-0.2, -0.15) is 0 Å². The Labute approximate surface area is 157 Å². The van der Waals surface area contributed by atoms with Crippen LogP contribution in [0.5, 0.6) is 5.75 Å². The third kappa shape index (κ3) is 4.94. The summed E-state index contributed by atoms with van der Waals surface area (Å²) < 4.78 is 18.3. The molecule has 1 heterocycles. The van der Waals surface area contributed by atoms with Crippen molar-refractivity contribution in [3.05, 3.63) is 71.6 Å². The molecule has 1 atom stereocenters. The van der Waals surface area contributed by atoms with Crippen molar-refractivity contribution < 1.29 is 18.7 Å². The summed E-state index contributed by atoms with van der Waals surface area (Å²) in [5.74, 6) is -0.354. The quantitative estimate of drug-likeness (QED) is 0.797. The van der Waals surface area contributed by atoms with Crippen LogP contribution in [0.2, 0.25) is 0 Å². The van der Waals surface area contributed by atoms with Gasteiger partial charge in [0.1, 0.15) is 11.6 Å². The number of hydrogen-bond donors (Lipinski definition) is 1. The number of ether oxygens (including phenoxy) is 1. The van der Waals surface area contributed by atoms with Gasteiger partial charge in [-0.3, -0.25) is 9.59 Å². The van der Waals surface area contributed by atoms with E-state index in [0.29, 0.717) is 12.3 Å². The molecule has 140 valence electrons. The highest BCUT2D eigenvalue weighted by Gasteiger charge is 2.28. The Morgan fingerprint density at radius 1 is 1.15 bits per heavy atom. The van der Waals surface area contributed by atoms with Crippen LogP contribution in [0.4, 0.5) is 4.39 Å². The second-order valence-electron chi connectivity index (χ2n) is 6.40. The Balaban J connectivity index is 1.63. The zero-order chi connectivity index (χ0) is 19.2. The third-order valence-electron chi connectivity index (χ3n) is 4.47. The first-order valence-electron chi connectivity index (χ1n) is 8.78. The number of nitrogens with two attached hydrogens (primary N) is 1. The first-order chi connectivity index (χ1) is 13.0. The molecule has 1 aliphatic rings. The molecule has 2 N–H and O–H groups in total. The minimum absolute atomic E-state index is 0.0210. The van der Waals surface area contributed by atoms with Gasteiger partial charge < -0.3 is 15.4 Å². The normalized spacial score (nSPS) is 16.6. The van der Waals surface area contributed by atoms with Gasteiger partial charge in [0.2, 0.25) is 5.91 Å². The molecule has 1 fully saturated rings. The van der Waals surface area contributed by atoms with E-state index in [1.54, 1.807) is 48.6 Å². The molecule has 0 saturated carbocycles. The van der Waals surface area contributed by atoms with Gasteiger partial charge in [0, 0.05) is 12.6 Å². The van der Waals surface area contributed by atoms with Crippen molar-refractivity contribution in [2.45, 2.75) is 18.9 Å². The maximum absolute atomic E-state index is 13.1. The van der Waals surface area contributed by atoms with Crippen molar-refractivity contribution in [2.24, 2.45) is 5.73 Å². The molecule has 2 amide bonds. The molecule has 5 nitrogen and oxygen atoms in total. The van der Waals surface area contributed by atoms with Crippen molar-refractivity contribution in [2.75, 3.05) is 13.2 Å². The summed E-state index contributed by atoms with van der Waals surface area (Å²) in [6, 6.07) is 13.3. The summed E-state index contributed by atoms with van der Waals surface area (Å²) >= 11 is 0. The molecule has 0 aliphatic carbocycles. The highest BCUT2D eigenvalue weighted by Crippen LogP contribution is 2.32. The lowest BCUT2D eigenvalue weighted by atomic mass is 10.0. The molecule has 0 bridgehead atoms. The molecule has 0 aromatic heterocycles. The van der Waals surface area contributed by atoms with E-state index in [1.165, 1.54) is 12.1 Å². The Morgan fingerprint density at radius 2 is 1.85 bits per heavy atom. The maximum Gasteiger partial charge on any atom is 0.255 e. The van der Waals surface area contributed by atoms with Crippen LogP contribution in [0.1, 0.15) is 30.0 Å². The summed E-state index contributed by atoms with van der Waals surface area (Å²) in [5, 5.41) is 0. The smallest absolute Gasteiger partial charge is 0.255 e. The second kappa shape index (κ2) is 8.49. The average molecular weight is 368 g/mol. The fourth-order valence-corrected chi connectivity index (χ4v) is 3.15. The molecular formula is C21H21FN2O3. The van der Waals surface area contributed by atoms with Gasteiger partial charge in [-0.25, -0.2) is 4.39 Å². The first kappa shape index (κ1) is 18.6. The highest BCUT2D eigenvalue weighted by molar-refractivity contribution is 5.92. The fourth-order valence-electron chi connectivity index (χ4n) is 3.15. The van der Waals surface area contributed by atoms with Gasteiger partial charge in [0.15, 0.2) is 6.61 Å². The van der Waals surface area contributed by atoms with E-state index < -0.39 is 5.91 Å². The van der Waals surface area contributed by atoms with Crippen molar-refractivity contribution >= 4 is 17.9 Å². The minimum Gasteiger partial charge on any atom is -0.484 e. The van der Waals surface area contributed by atoms with E-state index in [4.69, 9.17) is 10.5 Å². The maximum atomic E-state index is 13.1. The number of likely N-dealkylation sites (tertiary alicyclic amines) is 1. The van der Waals surface area contributed by atoms with Crippen molar-refractivity contribution in [3.8, 4) is 5.75 Å². The van der Waals surface area contributed by atoms with E-state index in [9.17, 15) is 14.0 Å². The Kier molecular flexibility index (Phi) is 5.86. The van der Waals surface area contributed by atoms with Gasteiger partial charge in [-0.05, 0) is 54.3 Å². The number of carbonyl (C=O) groups excluding carboxylic acids is 2.